The van der Waals surface area contributed by atoms with E-state index >= 15 is 0 Å². The summed E-state index contributed by atoms with van der Waals surface area (Å²) in [5, 5.41) is 3.22. The molecule has 28 heavy (non-hydrogen) atoms. The summed E-state index contributed by atoms with van der Waals surface area (Å²) < 4.78 is 33.0. The Morgan fingerprint density at radius 1 is 1.18 bits per heavy atom. The summed E-state index contributed by atoms with van der Waals surface area (Å²) in [7, 11) is -3.93. The molecule has 0 radical (unpaired) electrons. The van der Waals surface area contributed by atoms with Crippen LogP contribution in [-0.2, 0) is 19.6 Å². The van der Waals surface area contributed by atoms with Crippen molar-refractivity contribution in [3.05, 3.63) is 59.1 Å². The first kappa shape index (κ1) is 20.6. The van der Waals surface area contributed by atoms with Gasteiger partial charge >= 0.3 is 0 Å². The van der Waals surface area contributed by atoms with E-state index in [1.807, 2.05) is 19.1 Å². The second kappa shape index (κ2) is 8.94. The van der Waals surface area contributed by atoms with Gasteiger partial charge in [0, 0.05) is 18.2 Å². The zero-order chi connectivity index (χ0) is 20.1. The fraction of sp³-hybridized carbons (Fsp3) is 0.350. The van der Waals surface area contributed by atoms with Gasteiger partial charge in [-0.1, -0.05) is 29.3 Å². The van der Waals surface area contributed by atoms with E-state index in [0.717, 1.165) is 22.7 Å². The van der Waals surface area contributed by atoms with Gasteiger partial charge in [-0.2, -0.15) is 0 Å². The van der Waals surface area contributed by atoms with Crippen molar-refractivity contribution in [1.29, 1.82) is 0 Å². The normalized spacial score (nSPS) is 16.7. The van der Waals surface area contributed by atoms with E-state index in [0.29, 0.717) is 23.9 Å². The van der Waals surface area contributed by atoms with Gasteiger partial charge in [-0.25, -0.2) is 8.42 Å². The van der Waals surface area contributed by atoms with Crippen molar-refractivity contribution in [2.24, 2.45) is 0 Å². The van der Waals surface area contributed by atoms with E-state index in [4.69, 9.17) is 16.3 Å². The minimum atomic E-state index is -3.93. The predicted molar refractivity (Wildman–Crippen MR) is 109 cm³/mol. The Hall–Kier alpha value is -2.09. The van der Waals surface area contributed by atoms with Crippen molar-refractivity contribution in [1.82, 2.24) is 5.32 Å². The van der Waals surface area contributed by atoms with Gasteiger partial charge in [0.25, 0.3) is 10.0 Å². The number of carbonyl (C=O) groups excluding carboxylic acids is 1. The third kappa shape index (κ3) is 5.04. The maximum absolute atomic E-state index is 13.2. The van der Waals surface area contributed by atoms with E-state index in [-0.39, 0.29) is 23.5 Å². The van der Waals surface area contributed by atoms with Gasteiger partial charge in [-0.15, -0.1) is 0 Å². The van der Waals surface area contributed by atoms with Gasteiger partial charge < -0.3 is 10.1 Å². The molecule has 1 aliphatic rings. The first-order chi connectivity index (χ1) is 13.4. The number of anilines is 1. The molecule has 8 heteroatoms. The Kier molecular flexibility index (Phi) is 6.59. The zero-order valence-electron chi connectivity index (χ0n) is 15.6. The summed E-state index contributed by atoms with van der Waals surface area (Å²) in [6, 6.07) is 12.9. The number of rotatable bonds is 7. The third-order valence-corrected chi connectivity index (χ3v) is 6.60. The zero-order valence-corrected chi connectivity index (χ0v) is 17.2. The molecule has 3 rings (SSSR count). The molecule has 0 aromatic heterocycles. The summed E-state index contributed by atoms with van der Waals surface area (Å²) >= 11 is 5.88. The van der Waals surface area contributed by atoms with Gasteiger partial charge in [0.1, 0.15) is 6.54 Å². The highest BCUT2D eigenvalue weighted by atomic mass is 35.5. The number of benzene rings is 2. The van der Waals surface area contributed by atoms with Crippen molar-refractivity contribution in [3.63, 3.8) is 0 Å². The Morgan fingerprint density at radius 3 is 2.46 bits per heavy atom. The number of halogens is 1. The molecule has 0 aliphatic carbocycles. The minimum Gasteiger partial charge on any atom is -0.376 e. The SMILES string of the molecule is Cc1ccc(N(CC(=O)NCC2CCCO2)S(=O)(=O)c2ccc(Cl)cc2)cc1. The highest BCUT2D eigenvalue weighted by Gasteiger charge is 2.27. The summed E-state index contributed by atoms with van der Waals surface area (Å²) in [5.74, 6) is -0.381. The molecule has 0 spiro atoms. The molecule has 1 amide bonds. The van der Waals surface area contributed by atoms with Crippen LogP contribution >= 0.6 is 11.6 Å². The molecule has 2 aromatic carbocycles. The molecule has 1 heterocycles. The number of nitrogens with one attached hydrogen (secondary N) is 1. The van der Waals surface area contributed by atoms with Crippen LogP contribution in [-0.4, -0.2) is 40.1 Å². The Bertz CT molecular complexity index is 908. The largest absolute Gasteiger partial charge is 0.376 e. The number of ether oxygens (including phenoxy) is 1. The van der Waals surface area contributed by atoms with Crippen molar-refractivity contribution in [2.75, 3.05) is 24.0 Å². The number of nitrogens with zero attached hydrogens (tertiary/aromatic N) is 1. The number of carbonyl (C=O) groups is 1. The Balaban J connectivity index is 1.83. The lowest BCUT2D eigenvalue weighted by Gasteiger charge is -2.24. The summed E-state index contributed by atoms with van der Waals surface area (Å²) in [6.45, 7) is 2.67. The first-order valence-electron chi connectivity index (χ1n) is 9.09. The van der Waals surface area contributed by atoms with E-state index < -0.39 is 10.0 Å². The lowest BCUT2D eigenvalue weighted by molar-refractivity contribution is -0.120. The maximum atomic E-state index is 13.2. The molecule has 1 saturated heterocycles. The fourth-order valence-electron chi connectivity index (χ4n) is 2.98. The van der Waals surface area contributed by atoms with E-state index in [1.54, 1.807) is 12.1 Å². The van der Waals surface area contributed by atoms with Gasteiger partial charge in [0.05, 0.1) is 16.7 Å². The van der Waals surface area contributed by atoms with Gasteiger partial charge in [-0.05, 0) is 56.2 Å². The molecular weight excluding hydrogens is 400 g/mol. The molecule has 1 aliphatic heterocycles. The molecule has 1 fully saturated rings. The van der Waals surface area contributed by atoms with Gasteiger partial charge in [-0.3, -0.25) is 9.10 Å². The second-order valence-electron chi connectivity index (χ2n) is 6.74. The van der Waals surface area contributed by atoms with Crippen LogP contribution in [0.1, 0.15) is 18.4 Å². The molecule has 2 aromatic rings. The fourth-order valence-corrected chi connectivity index (χ4v) is 4.53. The minimum absolute atomic E-state index is 0.00959. The number of aryl methyl sites for hydroxylation is 1. The average Bonchev–Trinajstić information content (AvgIpc) is 3.19. The lowest BCUT2D eigenvalue weighted by Crippen LogP contribution is -2.42. The van der Waals surface area contributed by atoms with Crippen molar-refractivity contribution in [2.45, 2.75) is 30.8 Å². The molecule has 1 unspecified atom stereocenters. The number of sulfonamides is 1. The summed E-state index contributed by atoms with van der Waals surface area (Å²) in [4.78, 5) is 12.6. The molecule has 0 bridgehead atoms. The van der Waals surface area contributed by atoms with Crippen LogP contribution < -0.4 is 9.62 Å². The van der Waals surface area contributed by atoms with Gasteiger partial charge in [0.15, 0.2) is 0 Å². The topological polar surface area (TPSA) is 75.7 Å². The molecule has 1 N–H and O–H groups in total. The molecule has 0 saturated carbocycles. The summed E-state index contributed by atoms with van der Waals surface area (Å²) in [5.41, 5.74) is 1.42. The predicted octanol–water partition coefficient (Wildman–Crippen LogP) is 3.14. The van der Waals surface area contributed by atoms with Crippen LogP contribution in [0.3, 0.4) is 0 Å². The van der Waals surface area contributed by atoms with E-state index in [9.17, 15) is 13.2 Å². The second-order valence-corrected chi connectivity index (χ2v) is 9.04. The third-order valence-electron chi connectivity index (χ3n) is 4.56. The van der Waals surface area contributed by atoms with E-state index in [2.05, 4.69) is 5.32 Å². The quantitative estimate of drug-likeness (QED) is 0.743. The number of hydrogen-bond donors (Lipinski definition) is 1. The van der Waals surface area contributed by atoms with Crippen LogP contribution in [0.5, 0.6) is 0 Å². The summed E-state index contributed by atoms with van der Waals surface area (Å²) in [6.07, 6.45) is 1.86. The van der Waals surface area contributed by atoms with Crippen LogP contribution in [0.15, 0.2) is 53.4 Å². The standard InChI is InChI=1S/C20H23ClN2O4S/c1-15-4-8-17(9-5-15)23(14-20(24)22-13-18-3-2-12-27-18)28(25,26)19-10-6-16(21)7-11-19/h4-11,18H,2-3,12-14H2,1H3,(H,22,24). The Morgan fingerprint density at radius 2 is 1.86 bits per heavy atom. The highest BCUT2D eigenvalue weighted by Crippen LogP contribution is 2.25. The molecule has 1 atom stereocenters. The van der Waals surface area contributed by atoms with Crippen LogP contribution in [0.25, 0.3) is 0 Å². The smallest absolute Gasteiger partial charge is 0.264 e. The molecular formula is C20H23ClN2O4S. The van der Waals surface area contributed by atoms with Crippen LogP contribution in [0.2, 0.25) is 5.02 Å². The highest BCUT2D eigenvalue weighted by molar-refractivity contribution is 7.92. The van der Waals surface area contributed by atoms with Crippen molar-refractivity contribution < 1.29 is 17.9 Å². The average molecular weight is 423 g/mol. The Labute approximate surface area is 170 Å². The van der Waals surface area contributed by atoms with Crippen LogP contribution in [0, 0.1) is 6.92 Å². The maximum Gasteiger partial charge on any atom is 0.264 e. The van der Waals surface area contributed by atoms with Crippen molar-refractivity contribution in [3.8, 4) is 0 Å². The first-order valence-corrected chi connectivity index (χ1v) is 10.9. The lowest BCUT2D eigenvalue weighted by atomic mass is 10.2. The molecule has 6 nitrogen and oxygen atoms in total. The van der Waals surface area contributed by atoms with E-state index in [1.165, 1.54) is 24.3 Å². The van der Waals surface area contributed by atoms with Crippen molar-refractivity contribution >= 4 is 33.2 Å². The van der Waals surface area contributed by atoms with Gasteiger partial charge in [0.2, 0.25) is 5.91 Å². The molecule has 150 valence electrons. The number of hydrogen-bond acceptors (Lipinski definition) is 4. The van der Waals surface area contributed by atoms with Crippen LogP contribution in [0.4, 0.5) is 5.69 Å². The monoisotopic (exact) mass is 422 g/mol. The number of amides is 1.